The van der Waals surface area contributed by atoms with Gasteiger partial charge in [-0.15, -0.1) is 0 Å². The summed E-state index contributed by atoms with van der Waals surface area (Å²) >= 11 is 1.92. The fraction of sp³-hybridized carbons (Fsp3) is 0.667. The molecule has 0 spiro atoms. The van der Waals surface area contributed by atoms with E-state index in [4.69, 9.17) is 4.42 Å². The van der Waals surface area contributed by atoms with Crippen molar-refractivity contribution in [1.82, 2.24) is 0 Å². The van der Waals surface area contributed by atoms with E-state index >= 15 is 0 Å². The molecule has 84 valence electrons. The van der Waals surface area contributed by atoms with E-state index in [0.29, 0.717) is 6.42 Å². The zero-order valence-electron chi connectivity index (χ0n) is 8.89. The maximum atomic E-state index is 9.80. The molecule has 0 aromatic carbocycles. The topological polar surface area (TPSA) is 33.4 Å². The Labute approximate surface area is 95.1 Å². The van der Waals surface area contributed by atoms with Gasteiger partial charge in [-0.1, -0.05) is 12.8 Å². The second-order valence-electron chi connectivity index (χ2n) is 4.18. The molecule has 1 heterocycles. The molecule has 15 heavy (non-hydrogen) atoms. The average Bonchev–Trinajstić information content (AvgIpc) is 2.86. The normalized spacial score (nSPS) is 19.5. The van der Waals surface area contributed by atoms with E-state index in [1.54, 1.807) is 6.26 Å². The summed E-state index contributed by atoms with van der Waals surface area (Å²) in [7, 11) is 0. The van der Waals surface area contributed by atoms with Crippen molar-refractivity contribution in [1.29, 1.82) is 0 Å². The number of aliphatic hydroxyl groups excluding tert-OH is 1. The summed E-state index contributed by atoms with van der Waals surface area (Å²) in [6, 6.07) is 3.79. The van der Waals surface area contributed by atoms with Crippen LogP contribution in [0.4, 0.5) is 0 Å². The van der Waals surface area contributed by atoms with E-state index in [9.17, 15) is 5.11 Å². The molecule has 0 radical (unpaired) electrons. The SMILES string of the molecule is OC(CSC1CCCC1)Cc1ccco1. The Morgan fingerprint density at radius 1 is 1.47 bits per heavy atom. The minimum Gasteiger partial charge on any atom is -0.469 e. The van der Waals surface area contributed by atoms with Gasteiger partial charge in [0.1, 0.15) is 5.76 Å². The molecular weight excluding hydrogens is 208 g/mol. The summed E-state index contributed by atoms with van der Waals surface area (Å²) in [5.74, 6) is 1.72. The summed E-state index contributed by atoms with van der Waals surface area (Å²) in [4.78, 5) is 0. The third kappa shape index (κ3) is 3.58. The Bertz CT molecular complexity index is 265. The van der Waals surface area contributed by atoms with Gasteiger partial charge >= 0.3 is 0 Å². The molecule has 0 aliphatic heterocycles. The van der Waals surface area contributed by atoms with Crippen LogP contribution in [-0.4, -0.2) is 22.2 Å². The number of furan rings is 1. The van der Waals surface area contributed by atoms with Crippen LogP contribution in [0.25, 0.3) is 0 Å². The van der Waals surface area contributed by atoms with Crippen molar-refractivity contribution in [3.8, 4) is 0 Å². The fourth-order valence-electron chi connectivity index (χ4n) is 2.02. The van der Waals surface area contributed by atoms with E-state index in [1.165, 1.54) is 25.7 Å². The van der Waals surface area contributed by atoms with Crippen LogP contribution < -0.4 is 0 Å². The molecule has 1 fully saturated rings. The van der Waals surface area contributed by atoms with Crippen LogP contribution in [0.15, 0.2) is 22.8 Å². The van der Waals surface area contributed by atoms with Gasteiger partial charge < -0.3 is 9.52 Å². The highest BCUT2D eigenvalue weighted by Crippen LogP contribution is 2.29. The summed E-state index contributed by atoms with van der Waals surface area (Å²) in [6.07, 6.45) is 7.44. The monoisotopic (exact) mass is 226 g/mol. The van der Waals surface area contributed by atoms with Crippen LogP contribution >= 0.6 is 11.8 Å². The molecule has 1 saturated carbocycles. The highest BCUT2D eigenvalue weighted by Gasteiger charge is 2.17. The lowest BCUT2D eigenvalue weighted by atomic mass is 10.2. The zero-order valence-corrected chi connectivity index (χ0v) is 9.71. The average molecular weight is 226 g/mol. The molecule has 0 saturated heterocycles. The minimum atomic E-state index is -0.262. The molecule has 2 nitrogen and oxygen atoms in total. The highest BCUT2D eigenvalue weighted by atomic mass is 32.2. The second-order valence-corrected chi connectivity index (χ2v) is 5.51. The van der Waals surface area contributed by atoms with Crippen molar-refractivity contribution in [3.63, 3.8) is 0 Å². The lowest BCUT2D eigenvalue weighted by Crippen LogP contribution is -2.15. The standard InChI is InChI=1S/C12H18O2S/c13-10(8-11-4-3-7-14-11)9-15-12-5-1-2-6-12/h3-4,7,10,12-13H,1-2,5-6,8-9H2. The first kappa shape index (κ1) is 11.1. The first-order valence-electron chi connectivity index (χ1n) is 5.66. The second kappa shape index (κ2) is 5.61. The smallest absolute Gasteiger partial charge is 0.106 e. The van der Waals surface area contributed by atoms with Gasteiger partial charge in [0, 0.05) is 17.4 Å². The largest absolute Gasteiger partial charge is 0.469 e. The zero-order chi connectivity index (χ0) is 10.5. The first-order valence-corrected chi connectivity index (χ1v) is 6.71. The van der Waals surface area contributed by atoms with Crippen molar-refractivity contribution in [2.45, 2.75) is 43.5 Å². The van der Waals surface area contributed by atoms with Crippen molar-refractivity contribution in [2.75, 3.05) is 5.75 Å². The molecule has 0 amide bonds. The molecular formula is C12H18O2S. The third-order valence-electron chi connectivity index (χ3n) is 2.84. The summed E-state index contributed by atoms with van der Waals surface area (Å²) in [5, 5.41) is 10.6. The molecule has 1 unspecified atom stereocenters. The molecule has 0 bridgehead atoms. The van der Waals surface area contributed by atoms with E-state index in [1.807, 2.05) is 23.9 Å². The number of hydrogen-bond acceptors (Lipinski definition) is 3. The Kier molecular flexibility index (Phi) is 4.15. The number of hydrogen-bond donors (Lipinski definition) is 1. The van der Waals surface area contributed by atoms with Gasteiger partial charge in [0.2, 0.25) is 0 Å². The number of rotatable bonds is 5. The lowest BCUT2D eigenvalue weighted by molar-refractivity contribution is 0.191. The van der Waals surface area contributed by atoms with E-state index < -0.39 is 0 Å². The van der Waals surface area contributed by atoms with Gasteiger partial charge in [-0.3, -0.25) is 0 Å². The molecule has 1 aromatic rings. The molecule has 1 aliphatic rings. The summed E-state index contributed by atoms with van der Waals surface area (Å²) in [6.45, 7) is 0. The molecule has 1 aromatic heterocycles. The van der Waals surface area contributed by atoms with Gasteiger partial charge in [0.05, 0.1) is 12.4 Å². The summed E-state index contributed by atoms with van der Waals surface area (Å²) < 4.78 is 5.21. The van der Waals surface area contributed by atoms with Gasteiger partial charge in [-0.05, 0) is 25.0 Å². The van der Waals surface area contributed by atoms with Crippen LogP contribution in [0, 0.1) is 0 Å². The Morgan fingerprint density at radius 2 is 2.27 bits per heavy atom. The highest BCUT2D eigenvalue weighted by molar-refractivity contribution is 7.99. The van der Waals surface area contributed by atoms with Gasteiger partial charge in [-0.2, -0.15) is 11.8 Å². The van der Waals surface area contributed by atoms with Crippen LogP contribution in [0.1, 0.15) is 31.4 Å². The Balaban J connectivity index is 1.66. The maximum absolute atomic E-state index is 9.80. The van der Waals surface area contributed by atoms with Gasteiger partial charge in [0.15, 0.2) is 0 Å². The Morgan fingerprint density at radius 3 is 2.93 bits per heavy atom. The summed E-state index contributed by atoms with van der Waals surface area (Å²) in [5.41, 5.74) is 0. The van der Waals surface area contributed by atoms with E-state index in [0.717, 1.165) is 16.8 Å². The van der Waals surface area contributed by atoms with Crippen LogP contribution in [-0.2, 0) is 6.42 Å². The van der Waals surface area contributed by atoms with Gasteiger partial charge in [0.25, 0.3) is 0 Å². The predicted molar refractivity (Wildman–Crippen MR) is 63.1 cm³/mol. The molecule has 2 rings (SSSR count). The number of aliphatic hydroxyl groups is 1. The van der Waals surface area contributed by atoms with Crippen molar-refractivity contribution in [3.05, 3.63) is 24.2 Å². The first-order chi connectivity index (χ1) is 7.34. The van der Waals surface area contributed by atoms with E-state index in [2.05, 4.69) is 0 Å². The lowest BCUT2D eigenvalue weighted by Gasteiger charge is -2.12. The predicted octanol–water partition coefficient (Wildman–Crippen LogP) is 2.86. The quantitative estimate of drug-likeness (QED) is 0.838. The number of thioether (sulfide) groups is 1. The molecule has 1 aliphatic carbocycles. The van der Waals surface area contributed by atoms with Crippen molar-refractivity contribution < 1.29 is 9.52 Å². The molecule has 3 heteroatoms. The van der Waals surface area contributed by atoms with Gasteiger partial charge in [-0.25, -0.2) is 0 Å². The maximum Gasteiger partial charge on any atom is 0.106 e. The van der Waals surface area contributed by atoms with E-state index in [-0.39, 0.29) is 6.10 Å². The molecule has 1 N–H and O–H groups in total. The Hall–Kier alpha value is -0.410. The van der Waals surface area contributed by atoms with Crippen molar-refractivity contribution in [2.24, 2.45) is 0 Å². The third-order valence-corrected chi connectivity index (χ3v) is 4.36. The fourth-order valence-corrected chi connectivity index (χ4v) is 3.30. The molecule has 1 atom stereocenters. The van der Waals surface area contributed by atoms with Crippen LogP contribution in [0.3, 0.4) is 0 Å². The van der Waals surface area contributed by atoms with Crippen LogP contribution in [0.5, 0.6) is 0 Å². The van der Waals surface area contributed by atoms with Crippen LogP contribution in [0.2, 0.25) is 0 Å². The minimum absolute atomic E-state index is 0.262. The van der Waals surface area contributed by atoms with Crippen molar-refractivity contribution >= 4 is 11.8 Å².